The Balaban J connectivity index is 2.37. The molecule has 25 heavy (non-hydrogen) atoms. The molecule has 1 aromatic heterocycles. The lowest BCUT2D eigenvalue weighted by Gasteiger charge is -2.02. The number of benzene rings is 1. The molecule has 0 bridgehead atoms. The number of imide groups is 1. The third-order valence-corrected chi connectivity index (χ3v) is 3.32. The van der Waals surface area contributed by atoms with Crippen molar-refractivity contribution >= 4 is 35.6 Å². The van der Waals surface area contributed by atoms with Crippen LogP contribution >= 0.6 is 11.6 Å². The zero-order valence-electron chi connectivity index (χ0n) is 12.4. The van der Waals surface area contributed by atoms with Crippen LogP contribution in [0.5, 0.6) is 0 Å². The number of urea groups is 1. The number of halogens is 1. The summed E-state index contributed by atoms with van der Waals surface area (Å²) in [6.45, 7) is 0. The number of hydrogen-bond donors (Lipinski definition) is 3. The average Bonchev–Trinajstić information content (AvgIpc) is 3.00. The summed E-state index contributed by atoms with van der Waals surface area (Å²) in [5, 5.41) is 20.0. The molecule has 0 aliphatic rings. The highest BCUT2D eigenvalue weighted by molar-refractivity contribution is 6.33. The number of carboxylic acid groups (broad SMARTS) is 1. The van der Waals surface area contributed by atoms with E-state index in [1.165, 1.54) is 30.3 Å². The van der Waals surface area contributed by atoms with Crippen LogP contribution in [0.1, 0.15) is 16.1 Å². The van der Waals surface area contributed by atoms with Crippen molar-refractivity contribution in [3.63, 3.8) is 0 Å². The number of aromatic carboxylic acids is 1. The number of nitrogens with zero attached hydrogens (tertiary/aromatic N) is 1. The molecular formula is C16H10ClN3O5. The monoisotopic (exact) mass is 359 g/mol. The van der Waals surface area contributed by atoms with E-state index in [0.717, 1.165) is 6.08 Å². The number of nitrogens with one attached hydrogen (secondary N) is 1. The third kappa shape index (κ3) is 4.25. The molecule has 0 saturated heterocycles. The standard InChI is InChI=1S/C16H10ClN3O5/c17-12-3-1-8(15(22)23)6-11(12)13-4-2-10(25-13)5-9(7-18)14(21)20-16(19)24/h1-6H,(H,22,23)(H3,19,20,21,24)/b9-5-. The van der Waals surface area contributed by atoms with Crippen LogP contribution in [0.25, 0.3) is 17.4 Å². The van der Waals surface area contributed by atoms with E-state index in [9.17, 15) is 14.4 Å². The molecule has 1 aromatic carbocycles. The van der Waals surface area contributed by atoms with Crippen molar-refractivity contribution in [2.24, 2.45) is 5.73 Å². The van der Waals surface area contributed by atoms with Gasteiger partial charge in [0, 0.05) is 11.6 Å². The van der Waals surface area contributed by atoms with Crippen molar-refractivity contribution < 1.29 is 23.9 Å². The molecule has 0 atom stereocenters. The van der Waals surface area contributed by atoms with E-state index < -0.39 is 23.5 Å². The van der Waals surface area contributed by atoms with Crippen LogP contribution < -0.4 is 11.1 Å². The van der Waals surface area contributed by atoms with Gasteiger partial charge in [0.25, 0.3) is 5.91 Å². The van der Waals surface area contributed by atoms with Crippen molar-refractivity contribution in [2.75, 3.05) is 0 Å². The fourth-order valence-electron chi connectivity index (χ4n) is 1.89. The number of hydrogen-bond acceptors (Lipinski definition) is 5. The molecular weight excluding hydrogens is 350 g/mol. The molecule has 2 aromatic rings. The number of nitriles is 1. The van der Waals surface area contributed by atoms with E-state index in [0.29, 0.717) is 5.56 Å². The van der Waals surface area contributed by atoms with E-state index in [4.69, 9.17) is 32.1 Å². The van der Waals surface area contributed by atoms with E-state index in [1.54, 1.807) is 11.4 Å². The fraction of sp³-hybridized carbons (Fsp3) is 0. The van der Waals surface area contributed by atoms with Gasteiger partial charge < -0.3 is 15.3 Å². The zero-order chi connectivity index (χ0) is 18.6. The normalized spacial score (nSPS) is 10.8. The highest BCUT2D eigenvalue weighted by Crippen LogP contribution is 2.31. The minimum atomic E-state index is -1.13. The van der Waals surface area contributed by atoms with Crippen molar-refractivity contribution in [1.29, 1.82) is 5.26 Å². The Kier molecular flexibility index (Phi) is 5.22. The molecule has 126 valence electrons. The van der Waals surface area contributed by atoms with E-state index in [1.807, 2.05) is 0 Å². The van der Waals surface area contributed by atoms with Gasteiger partial charge in [0.15, 0.2) is 0 Å². The maximum absolute atomic E-state index is 11.6. The lowest BCUT2D eigenvalue weighted by Crippen LogP contribution is -2.35. The predicted molar refractivity (Wildman–Crippen MR) is 87.4 cm³/mol. The molecule has 0 aliphatic heterocycles. The second-order valence-corrected chi connectivity index (χ2v) is 5.10. The van der Waals surface area contributed by atoms with Crippen LogP contribution in [0.15, 0.2) is 40.3 Å². The van der Waals surface area contributed by atoms with Crippen molar-refractivity contribution in [2.45, 2.75) is 0 Å². The van der Waals surface area contributed by atoms with Gasteiger partial charge in [0.1, 0.15) is 23.2 Å². The number of amides is 3. The van der Waals surface area contributed by atoms with Crippen molar-refractivity contribution in [1.82, 2.24) is 5.32 Å². The van der Waals surface area contributed by atoms with Gasteiger partial charge in [0.05, 0.1) is 10.6 Å². The van der Waals surface area contributed by atoms with Crippen molar-refractivity contribution in [3.05, 3.63) is 52.3 Å². The van der Waals surface area contributed by atoms with Gasteiger partial charge >= 0.3 is 12.0 Å². The van der Waals surface area contributed by atoms with Crippen LogP contribution in [0.4, 0.5) is 4.79 Å². The summed E-state index contributed by atoms with van der Waals surface area (Å²) in [6, 6.07) is 7.57. The van der Waals surface area contributed by atoms with Gasteiger partial charge in [-0.15, -0.1) is 0 Å². The quantitative estimate of drug-likeness (QED) is 0.564. The lowest BCUT2D eigenvalue weighted by atomic mass is 10.1. The van der Waals surface area contributed by atoms with Crippen LogP contribution in [0.3, 0.4) is 0 Å². The largest absolute Gasteiger partial charge is 0.478 e. The molecule has 0 aliphatic carbocycles. The van der Waals surface area contributed by atoms with E-state index in [-0.39, 0.29) is 22.1 Å². The Bertz CT molecular complexity index is 939. The second kappa shape index (κ2) is 7.33. The van der Waals surface area contributed by atoms with Crippen LogP contribution in [-0.4, -0.2) is 23.0 Å². The summed E-state index contributed by atoms with van der Waals surface area (Å²) >= 11 is 6.05. The first-order valence-electron chi connectivity index (χ1n) is 6.67. The van der Waals surface area contributed by atoms with Gasteiger partial charge in [0.2, 0.25) is 0 Å². The molecule has 0 spiro atoms. The molecule has 0 radical (unpaired) electrons. The topological polar surface area (TPSA) is 146 Å². The zero-order valence-corrected chi connectivity index (χ0v) is 13.2. The van der Waals surface area contributed by atoms with Gasteiger partial charge in [-0.3, -0.25) is 10.1 Å². The molecule has 2 rings (SSSR count). The number of carboxylic acids is 1. The van der Waals surface area contributed by atoms with Crippen molar-refractivity contribution in [3.8, 4) is 17.4 Å². The Morgan fingerprint density at radius 2 is 2.00 bits per heavy atom. The molecule has 0 unspecified atom stereocenters. The van der Waals surface area contributed by atoms with Gasteiger partial charge in [-0.2, -0.15) is 5.26 Å². The highest BCUT2D eigenvalue weighted by Gasteiger charge is 2.14. The summed E-state index contributed by atoms with van der Waals surface area (Å²) in [5.74, 6) is -1.73. The Morgan fingerprint density at radius 1 is 1.28 bits per heavy atom. The van der Waals surface area contributed by atoms with Gasteiger partial charge in [-0.25, -0.2) is 9.59 Å². The third-order valence-electron chi connectivity index (χ3n) is 2.99. The van der Waals surface area contributed by atoms with Crippen LogP contribution in [-0.2, 0) is 4.79 Å². The predicted octanol–water partition coefficient (Wildman–Crippen LogP) is 2.40. The summed E-state index contributed by atoms with van der Waals surface area (Å²) in [4.78, 5) is 33.3. The van der Waals surface area contributed by atoms with Crippen LogP contribution in [0, 0.1) is 11.3 Å². The summed E-state index contributed by atoms with van der Waals surface area (Å²) in [5.41, 5.74) is 4.78. The van der Waals surface area contributed by atoms with Gasteiger partial charge in [-0.05, 0) is 30.3 Å². The number of carbonyl (C=O) groups is 3. The molecule has 0 fully saturated rings. The Hall–Kier alpha value is -3.57. The molecule has 9 heteroatoms. The fourth-order valence-corrected chi connectivity index (χ4v) is 2.10. The lowest BCUT2D eigenvalue weighted by molar-refractivity contribution is -0.116. The first kappa shape index (κ1) is 17.8. The molecule has 1 heterocycles. The number of furan rings is 1. The molecule has 3 amide bonds. The van der Waals surface area contributed by atoms with Crippen LogP contribution in [0.2, 0.25) is 5.02 Å². The number of carbonyl (C=O) groups excluding carboxylic acids is 2. The van der Waals surface area contributed by atoms with E-state index in [2.05, 4.69) is 0 Å². The molecule has 0 saturated carbocycles. The maximum Gasteiger partial charge on any atom is 0.335 e. The number of nitrogens with two attached hydrogens (primary N) is 1. The minimum absolute atomic E-state index is 0.0199. The summed E-state index contributed by atoms with van der Waals surface area (Å²) < 4.78 is 5.47. The minimum Gasteiger partial charge on any atom is -0.478 e. The van der Waals surface area contributed by atoms with E-state index >= 15 is 0 Å². The number of primary amides is 1. The maximum atomic E-state index is 11.6. The molecule has 8 nitrogen and oxygen atoms in total. The smallest absolute Gasteiger partial charge is 0.335 e. The average molecular weight is 360 g/mol. The Morgan fingerprint density at radius 3 is 2.60 bits per heavy atom. The SMILES string of the molecule is N#C/C(=C/c1ccc(-c2cc(C(=O)O)ccc2Cl)o1)C(=O)NC(N)=O. The molecule has 4 N–H and O–H groups in total. The highest BCUT2D eigenvalue weighted by atomic mass is 35.5. The summed E-state index contributed by atoms with van der Waals surface area (Å²) in [7, 11) is 0. The first-order chi connectivity index (χ1) is 11.8. The Labute approximate surface area is 146 Å². The number of rotatable bonds is 4. The summed E-state index contributed by atoms with van der Waals surface area (Å²) in [6.07, 6.45) is 1.11. The second-order valence-electron chi connectivity index (χ2n) is 4.69. The first-order valence-corrected chi connectivity index (χ1v) is 7.05. The van der Waals surface area contributed by atoms with Gasteiger partial charge in [-0.1, -0.05) is 11.6 Å².